The summed E-state index contributed by atoms with van der Waals surface area (Å²) in [6.07, 6.45) is 1.18. The van der Waals surface area contributed by atoms with Crippen molar-refractivity contribution in [3.05, 3.63) is 60.2 Å². The van der Waals surface area contributed by atoms with E-state index in [4.69, 9.17) is 4.74 Å². The Kier molecular flexibility index (Phi) is 8.89. The number of nitrogens with zero attached hydrogens (tertiary/aromatic N) is 3. The van der Waals surface area contributed by atoms with E-state index in [0.717, 1.165) is 37.9 Å². The van der Waals surface area contributed by atoms with Crippen molar-refractivity contribution in [2.45, 2.75) is 13.0 Å². The molecule has 1 N–H and O–H groups in total. The number of methoxy groups -OCH3 is 1. The first-order chi connectivity index (χ1) is 13.2. The van der Waals surface area contributed by atoms with E-state index in [0.29, 0.717) is 5.92 Å². The van der Waals surface area contributed by atoms with Crippen LogP contribution >= 0.6 is 24.0 Å². The third kappa shape index (κ3) is 6.02. The van der Waals surface area contributed by atoms with Crippen LogP contribution in [0.4, 0.5) is 5.69 Å². The number of hydrogen-bond donors (Lipinski definition) is 1. The van der Waals surface area contributed by atoms with Gasteiger partial charge < -0.3 is 19.9 Å². The minimum absolute atomic E-state index is 0. The van der Waals surface area contributed by atoms with E-state index in [2.05, 4.69) is 69.6 Å². The molecule has 1 aliphatic rings. The highest BCUT2D eigenvalue weighted by atomic mass is 127. The average Bonchev–Trinajstić information content (AvgIpc) is 3.18. The molecule has 6 heteroatoms. The first-order valence-electron chi connectivity index (χ1n) is 9.54. The van der Waals surface area contributed by atoms with Crippen LogP contribution in [-0.2, 0) is 6.54 Å². The largest absolute Gasteiger partial charge is 0.497 e. The molecular formula is C22H31IN4O. The second-order valence-electron chi connectivity index (χ2n) is 7.07. The zero-order chi connectivity index (χ0) is 19.1. The topological polar surface area (TPSA) is 40.1 Å². The third-order valence-electron chi connectivity index (χ3n) is 5.09. The van der Waals surface area contributed by atoms with Gasteiger partial charge in [-0.1, -0.05) is 36.4 Å². The van der Waals surface area contributed by atoms with Crippen LogP contribution in [0.5, 0.6) is 5.75 Å². The first kappa shape index (κ1) is 22.3. The molecule has 1 heterocycles. The van der Waals surface area contributed by atoms with Gasteiger partial charge in [0.1, 0.15) is 5.75 Å². The molecule has 1 atom stereocenters. The maximum Gasteiger partial charge on any atom is 0.193 e. The van der Waals surface area contributed by atoms with Crippen LogP contribution in [0.25, 0.3) is 0 Å². The van der Waals surface area contributed by atoms with Gasteiger partial charge in [-0.15, -0.1) is 24.0 Å². The number of rotatable bonds is 6. The van der Waals surface area contributed by atoms with Gasteiger partial charge in [0.25, 0.3) is 0 Å². The molecule has 3 rings (SSSR count). The fourth-order valence-corrected chi connectivity index (χ4v) is 3.59. The summed E-state index contributed by atoms with van der Waals surface area (Å²) >= 11 is 0. The van der Waals surface area contributed by atoms with Crippen molar-refractivity contribution in [3.8, 4) is 5.75 Å². The molecule has 0 spiro atoms. The van der Waals surface area contributed by atoms with E-state index in [9.17, 15) is 0 Å². The van der Waals surface area contributed by atoms with Crippen molar-refractivity contribution >= 4 is 35.6 Å². The highest BCUT2D eigenvalue weighted by Crippen LogP contribution is 2.26. The SMILES string of the molecule is CN=C(NCC1CCN(c2cccc(OC)c2)C1)N(C)Cc1ccccc1.I. The lowest BCUT2D eigenvalue weighted by molar-refractivity contribution is 0.415. The van der Waals surface area contributed by atoms with Crippen LogP contribution in [0.3, 0.4) is 0 Å². The Morgan fingerprint density at radius 2 is 2.00 bits per heavy atom. The Labute approximate surface area is 185 Å². The standard InChI is InChI=1S/C22H30N4O.HI/c1-23-22(25(2)16-18-8-5-4-6-9-18)24-15-19-12-13-26(17-19)20-10-7-11-21(14-20)27-3;/h4-11,14,19H,12-13,15-17H2,1-3H3,(H,23,24);1H. The predicted molar refractivity (Wildman–Crippen MR) is 128 cm³/mol. The number of aliphatic imine (C=N–C) groups is 1. The van der Waals surface area contributed by atoms with Gasteiger partial charge in [0.05, 0.1) is 7.11 Å². The van der Waals surface area contributed by atoms with Crippen molar-refractivity contribution in [2.24, 2.45) is 10.9 Å². The Hall–Kier alpha value is -1.96. The summed E-state index contributed by atoms with van der Waals surface area (Å²) in [5.74, 6) is 2.47. The van der Waals surface area contributed by atoms with Crippen molar-refractivity contribution in [2.75, 3.05) is 45.7 Å². The van der Waals surface area contributed by atoms with Crippen LogP contribution in [0.2, 0.25) is 0 Å². The van der Waals surface area contributed by atoms with Crippen molar-refractivity contribution in [3.63, 3.8) is 0 Å². The number of anilines is 1. The summed E-state index contributed by atoms with van der Waals surface area (Å²) < 4.78 is 5.35. The molecule has 1 unspecified atom stereocenters. The number of hydrogen-bond acceptors (Lipinski definition) is 3. The predicted octanol–water partition coefficient (Wildman–Crippen LogP) is 3.85. The van der Waals surface area contributed by atoms with Gasteiger partial charge in [-0.3, -0.25) is 4.99 Å². The Morgan fingerprint density at radius 3 is 2.71 bits per heavy atom. The van der Waals surface area contributed by atoms with E-state index >= 15 is 0 Å². The number of ether oxygens (including phenoxy) is 1. The molecule has 2 aromatic carbocycles. The van der Waals surface area contributed by atoms with Gasteiger partial charge in [0.15, 0.2) is 5.96 Å². The molecule has 1 aliphatic heterocycles. The average molecular weight is 494 g/mol. The summed E-state index contributed by atoms with van der Waals surface area (Å²) in [4.78, 5) is 9.05. The quantitative estimate of drug-likeness (QED) is 0.377. The molecule has 152 valence electrons. The van der Waals surface area contributed by atoms with Gasteiger partial charge in [0, 0.05) is 52.0 Å². The second kappa shape index (κ2) is 11.1. The number of benzene rings is 2. The maximum atomic E-state index is 5.35. The monoisotopic (exact) mass is 494 g/mol. The van der Waals surface area contributed by atoms with Gasteiger partial charge in [0.2, 0.25) is 0 Å². The Morgan fingerprint density at radius 1 is 1.21 bits per heavy atom. The van der Waals surface area contributed by atoms with Crippen LogP contribution in [0.15, 0.2) is 59.6 Å². The highest BCUT2D eigenvalue weighted by Gasteiger charge is 2.23. The molecule has 1 saturated heterocycles. The molecule has 2 aromatic rings. The second-order valence-corrected chi connectivity index (χ2v) is 7.07. The summed E-state index contributed by atoms with van der Waals surface area (Å²) in [6.45, 7) is 3.92. The normalized spacial score (nSPS) is 16.5. The molecule has 0 aliphatic carbocycles. The lowest BCUT2D eigenvalue weighted by Crippen LogP contribution is -2.41. The zero-order valence-electron chi connectivity index (χ0n) is 17.0. The van der Waals surface area contributed by atoms with Crippen molar-refractivity contribution < 1.29 is 4.74 Å². The molecular weight excluding hydrogens is 463 g/mol. The van der Waals surface area contributed by atoms with E-state index < -0.39 is 0 Å². The van der Waals surface area contributed by atoms with Crippen LogP contribution in [0, 0.1) is 5.92 Å². The van der Waals surface area contributed by atoms with Crippen molar-refractivity contribution in [1.82, 2.24) is 10.2 Å². The minimum Gasteiger partial charge on any atom is -0.497 e. The van der Waals surface area contributed by atoms with Gasteiger partial charge in [-0.25, -0.2) is 0 Å². The van der Waals surface area contributed by atoms with E-state index in [1.807, 2.05) is 19.2 Å². The van der Waals surface area contributed by atoms with Crippen LogP contribution in [-0.4, -0.2) is 51.7 Å². The van der Waals surface area contributed by atoms with Crippen LogP contribution in [0.1, 0.15) is 12.0 Å². The fraction of sp³-hybridized carbons (Fsp3) is 0.409. The van der Waals surface area contributed by atoms with Crippen LogP contribution < -0.4 is 15.0 Å². The van der Waals surface area contributed by atoms with Gasteiger partial charge >= 0.3 is 0 Å². The zero-order valence-corrected chi connectivity index (χ0v) is 19.3. The van der Waals surface area contributed by atoms with E-state index in [1.54, 1.807) is 7.11 Å². The Bertz CT molecular complexity index is 753. The number of guanidine groups is 1. The van der Waals surface area contributed by atoms with Crippen molar-refractivity contribution in [1.29, 1.82) is 0 Å². The summed E-state index contributed by atoms with van der Waals surface area (Å²) in [5, 5.41) is 3.55. The summed E-state index contributed by atoms with van der Waals surface area (Å²) in [5.41, 5.74) is 2.52. The van der Waals surface area contributed by atoms with Gasteiger partial charge in [-0.2, -0.15) is 0 Å². The molecule has 0 saturated carbocycles. The summed E-state index contributed by atoms with van der Waals surface area (Å²) in [7, 11) is 5.65. The molecule has 28 heavy (non-hydrogen) atoms. The fourth-order valence-electron chi connectivity index (χ4n) is 3.59. The Balaban J connectivity index is 0.00000280. The third-order valence-corrected chi connectivity index (χ3v) is 5.09. The maximum absolute atomic E-state index is 5.35. The molecule has 0 aromatic heterocycles. The lowest BCUT2D eigenvalue weighted by atomic mass is 10.1. The number of halogens is 1. The summed E-state index contributed by atoms with van der Waals surface area (Å²) in [6, 6.07) is 18.8. The minimum atomic E-state index is 0. The highest BCUT2D eigenvalue weighted by molar-refractivity contribution is 14.0. The lowest BCUT2D eigenvalue weighted by Gasteiger charge is -2.24. The smallest absolute Gasteiger partial charge is 0.193 e. The number of nitrogens with one attached hydrogen (secondary N) is 1. The molecule has 0 bridgehead atoms. The molecule has 0 amide bonds. The first-order valence-corrected chi connectivity index (χ1v) is 9.54. The molecule has 0 radical (unpaired) electrons. The molecule has 1 fully saturated rings. The van der Waals surface area contributed by atoms with E-state index in [1.165, 1.54) is 17.7 Å². The molecule has 5 nitrogen and oxygen atoms in total. The van der Waals surface area contributed by atoms with Gasteiger partial charge in [-0.05, 0) is 30.0 Å². The van der Waals surface area contributed by atoms with E-state index in [-0.39, 0.29) is 24.0 Å².